The van der Waals surface area contributed by atoms with Crippen LogP contribution in [-0.2, 0) is 4.74 Å². The molecule has 0 saturated heterocycles. The largest absolute Gasteiger partial charge is 0.497 e. The van der Waals surface area contributed by atoms with E-state index in [-0.39, 0.29) is 6.10 Å². The fourth-order valence-electron chi connectivity index (χ4n) is 1.27. The van der Waals surface area contributed by atoms with Crippen LogP contribution in [0.25, 0.3) is 0 Å². The normalized spacial score (nSPS) is 12.5. The molecule has 78 valence electrons. The Kier molecular flexibility index (Phi) is 4.98. The van der Waals surface area contributed by atoms with Gasteiger partial charge in [-0.15, -0.1) is 0 Å². The van der Waals surface area contributed by atoms with Crippen LogP contribution in [0, 0.1) is 0 Å². The van der Waals surface area contributed by atoms with Gasteiger partial charge in [-0.05, 0) is 24.6 Å². The van der Waals surface area contributed by atoms with Gasteiger partial charge in [-0.25, -0.2) is 0 Å². The van der Waals surface area contributed by atoms with E-state index < -0.39 is 0 Å². The first kappa shape index (κ1) is 11.5. The quantitative estimate of drug-likeness (QED) is 0.756. The number of hydrogen-bond acceptors (Lipinski definition) is 2. The molecule has 0 radical (unpaired) electrons. The maximum atomic E-state index is 5.57. The molecule has 1 aromatic carbocycles. The molecule has 0 aliphatic heterocycles. The van der Waals surface area contributed by atoms with Gasteiger partial charge < -0.3 is 9.47 Å². The monoisotopic (exact) mass is 258 g/mol. The van der Waals surface area contributed by atoms with E-state index in [0.29, 0.717) is 6.61 Å². The molecule has 2 nitrogen and oxygen atoms in total. The molecule has 0 aliphatic rings. The van der Waals surface area contributed by atoms with Crippen molar-refractivity contribution in [2.75, 3.05) is 19.0 Å². The zero-order valence-corrected chi connectivity index (χ0v) is 10.1. The predicted octanol–water partition coefficient (Wildman–Crippen LogP) is 3.17. The van der Waals surface area contributed by atoms with E-state index in [0.717, 1.165) is 16.6 Å². The second-order valence-electron chi connectivity index (χ2n) is 2.87. The van der Waals surface area contributed by atoms with Crippen molar-refractivity contribution in [2.24, 2.45) is 0 Å². The Balaban J connectivity index is 2.80. The molecule has 1 rings (SSSR count). The number of benzene rings is 1. The van der Waals surface area contributed by atoms with Gasteiger partial charge in [0.05, 0.1) is 13.2 Å². The Labute approximate surface area is 93.4 Å². The number of hydrogen-bond donors (Lipinski definition) is 0. The molecule has 0 saturated carbocycles. The maximum absolute atomic E-state index is 5.57. The van der Waals surface area contributed by atoms with Crippen LogP contribution in [0.2, 0.25) is 0 Å². The Hall–Kier alpha value is -0.540. The summed E-state index contributed by atoms with van der Waals surface area (Å²) in [4.78, 5) is 0. The Morgan fingerprint density at radius 1 is 1.43 bits per heavy atom. The third-order valence-corrected chi connectivity index (χ3v) is 2.56. The van der Waals surface area contributed by atoms with Crippen molar-refractivity contribution >= 4 is 15.9 Å². The Morgan fingerprint density at radius 3 is 2.79 bits per heavy atom. The minimum atomic E-state index is 0.107. The lowest BCUT2D eigenvalue weighted by Crippen LogP contribution is -2.05. The molecule has 14 heavy (non-hydrogen) atoms. The first-order valence-electron chi connectivity index (χ1n) is 4.63. The SMILES string of the molecule is CCOC(CBr)c1cccc(OC)c1. The Morgan fingerprint density at radius 2 is 2.21 bits per heavy atom. The van der Waals surface area contributed by atoms with Gasteiger partial charge in [0.1, 0.15) is 5.75 Å². The summed E-state index contributed by atoms with van der Waals surface area (Å²) in [5, 5.41) is 0.800. The molecular weight excluding hydrogens is 244 g/mol. The highest BCUT2D eigenvalue weighted by Crippen LogP contribution is 2.23. The summed E-state index contributed by atoms with van der Waals surface area (Å²) in [6, 6.07) is 7.95. The zero-order valence-electron chi connectivity index (χ0n) is 8.50. The van der Waals surface area contributed by atoms with Crippen LogP contribution in [-0.4, -0.2) is 19.0 Å². The van der Waals surface area contributed by atoms with Gasteiger partial charge >= 0.3 is 0 Å². The van der Waals surface area contributed by atoms with Crippen molar-refractivity contribution in [1.29, 1.82) is 0 Å². The van der Waals surface area contributed by atoms with Crippen LogP contribution >= 0.6 is 15.9 Å². The molecule has 0 aliphatic carbocycles. The predicted molar refractivity (Wildman–Crippen MR) is 61.2 cm³/mol. The summed E-state index contributed by atoms with van der Waals surface area (Å²) >= 11 is 3.43. The lowest BCUT2D eigenvalue weighted by atomic mass is 10.1. The standard InChI is InChI=1S/C11H15BrO2/c1-3-14-11(8-12)9-5-4-6-10(7-9)13-2/h4-7,11H,3,8H2,1-2H3. The van der Waals surface area contributed by atoms with E-state index in [9.17, 15) is 0 Å². The van der Waals surface area contributed by atoms with Crippen LogP contribution < -0.4 is 4.74 Å². The lowest BCUT2D eigenvalue weighted by molar-refractivity contribution is 0.0805. The van der Waals surface area contributed by atoms with Gasteiger partial charge in [-0.1, -0.05) is 28.1 Å². The van der Waals surface area contributed by atoms with E-state index in [1.165, 1.54) is 0 Å². The first-order chi connectivity index (χ1) is 6.81. The summed E-state index contributed by atoms with van der Waals surface area (Å²) in [7, 11) is 1.67. The number of ether oxygens (including phenoxy) is 2. The first-order valence-corrected chi connectivity index (χ1v) is 5.75. The third-order valence-electron chi connectivity index (χ3n) is 1.97. The van der Waals surface area contributed by atoms with Crippen LogP contribution in [0.5, 0.6) is 5.75 Å². The number of methoxy groups -OCH3 is 1. The molecular formula is C11H15BrO2. The van der Waals surface area contributed by atoms with Crippen molar-refractivity contribution in [3.8, 4) is 5.75 Å². The molecule has 1 unspecified atom stereocenters. The van der Waals surface area contributed by atoms with Gasteiger partial charge in [-0.2, -0.15) is 0 Å². The van der Waals surface area contributed by atoms with Crippen molar-refractivity contribution < 1.29 is 9.47 Å². The van der Waals surface area contributed by atoms with Gasteiger partial charge in [0.25, 0.3) is 0 Å². The van der Waals surface area contributed by atoms with E-state index in [4.69, 9.17) is 9.47 Å². The number of rotatable bonds is 5. The highest BCUT2D eigenvalue weighted by molar-refractivity contribution is 9.09. The zero-order chi connectivity index (χ0) is 10.4. The fourth-order valence-corrected chi connectivity index (χ4v) is 1.83. The summed E-state index contributed by atoms with van der Waals surface area (Å²) < 4.78 is 10.7. The van der Waals surface area contributed by atoms with Gasteiger partial charge in [0, 0.05) is 11.9 Å². The van der Waals surface area contributed by atoms with Crippen molar-refractivity contribution in [2.45, 2.75) is 13.0 Å². The highest BCUT2D eigenvalue weighted by Gasteiger charge is 2.09. The molecule has 3 heteroatoms. The molecule has 0 aromatic heterocycles. The van der Waals surface area contributed by atoms with Crippen LogP contribution in [0.3, 0.4) is 0 Å². The average Bonchev–Trinajstić information content (AvgIpc) is 2.26. The second kappa shape index (κ2) is 6.04. The summed E-state index contributed by atoms with van der Waals surface area (Å²) in [5.41, 5.74) is 1.14. The topological polar surface area (TPSA) is 18.5 Å². The van der Waals surface area contributed by atoms with E-state index in [1.807, 2.05) is 31.2 Å². The maximum Gasteiger partial charge on any atom is 0.119 e. The molecule has 1 aromatic rings. The molecule has 1 atom stereocenters. The molecule has 0 N–H and O–H groups in total. The number of alkyl halides is 1. The van der Waals surface area contributed by atoms with E-state index in [1.54, 1.807) is 7.11 Å². The summed E-state index contributed by atoms with van der Waals surface area (Å²) in [5.74, 6) is 0.869. The second-order valence-corrected chi connectivity index (χ2v) is 3.52. The molecule has 0 heterocycles. The molecule has 0 amide bonds. The summed E-state index contributed by atoms with van der Waals surface area (Å²) in [6.07, 6.45) is 0.107. The van der Waals surface area contributed by atoms with Crippen molar-refractivity contribution in [3.05, 3.63) is 29.8 Å². The van der Waals surface area contributed by atoms with Crippen LogP contribution in [0.15, 0.2) is 24.3 Å². The van der Waals surface area contributed by atoms with E-state index in [2.05, 4.69) is 15.9 Å². The van der Waals surface area contributed by atoms with Crippen LogP contribution in [0.1, 0.15) is 18.6 Å². The summed E-state index contributed by atoms with van der Waals surface area (Å²) in [6.45, 7) is 2.71. The minimum Gasteiger partial charge on any atom is -0.497 e. The fraction of sp³-hybridized carbons (Fsp3) is 0.455. The van der Waals surface area contributed by atoms with Crippen molar-refractivity contribution in [3.63, 3.8) is 0 Å². The average molecular weight is 259 g/mol. The van der Waals surface area contributed by atoms with Crippen molar-refractivity contribution in [1.82, 2.24) is 0 Å². The van der Waals surface area contributed by atoms with Gasteiger partial charge in [-0.3, -0.25) is 0 Å². The molecule has 0 fully saturated rings. The van der Waals surface area contributed by atoms with E-state index >= 15 is 0 Å². The Bertz CT molecular complexity index is 276. The van der Waals surface area contributed by atoms with Gasteiger partial charge in [0.2, 0.25) is 0 Å². The molecule has 0 spiro atoms. The van der Waals surface area contributed by atoms with Gasteiger partial charge in [0.15, 0.2) is 0 Å². The third kappa shape index (κ3) is 3.00. The highest BCUT2D eigenvalue weighted by atomic mass is 79.9. The lowest BCUT2D eigenvalue weighted by Gasteiger charge is -2.15. The molecule has 0 bridgehead atoms. The smallest absolute Gasteiger partial charge is 0.119 e. The van der Waals surface area contributed by atoms with Crippen LogP contribution in [0.4, 0.5) is 0 Å². The number of halogens is 1. The minimum absolute atomic E-state index is 0.107.